The highest BCUT2D eigenvalue weighted by Gasteiger charge is 2.28. The van der Waals surface area contributed by atoms with Gasteiger partial charge in [0.15, 0.2) is 0 Å². The number of benzene rings is 2. The van der Waals surface area contributed by atoms with Crippen LogP contribution in [0.1, 0.15) is 37.7 Å². The summed E-state index contributed by atoms with van der Waals surface area (Å²) in [7, 11) is -3.92. The zero-order chi connectivity index (χ0) is 20.9. The molecule has 29 heavy (non-hydrogen) atoms. The van der Waals surface area contributed by atoms with E-state index in [0.29, 0.717) is 28.7 Å². The van der Waals surface area contributed by atoms with Crippen LogP contribution in [-0.2, 0) is 14.8 Å². The molecule has 0 saturated heterocycles. The molecular weight excluding hydrogens is 408 g/mol. The summed E-state index contributed by atoms with van der Waals surface area (Å²) >= 11 is 6.23. The quantitative estimate of drug-likeness (QED) is 0.695. The smallest absolute Gasteiger partial charge is 0.264 e. The Hall–Kier alpha value is -2.05. The number of nitrogens with zero attached hydrogens (tertiary/aromatic N) is 1. The van der Waals surface area contributed by atoms with Gasteiger partial charge < -0.3 is 5.32 Å². The van der Waals surface area contributed by atoms with E-state index in [4.69, 9.17) is 11.6 Å². The van der Waals surface area contributed by atoms with Crippen LogP contribution in [0.4, 0.5) is 5.69 Å². The van der Waals surface area contributed by atoms with Crippen molar-refractivity contribution < 1.29 is 13.2 Å². The van der Waals surface area contributed by atoms with Crippen LogP contribution in [0.2, 0.25) is 5.02 Å². The number of carbonyl (C=O) groups is 1. The van der Waals surface area contributed by atoms with E-state index in [-0.39, 0.29) is 17.3 Å². The summed E-state index contributed by atoms with van der Waals surface area (Å²) in [5.74, 6) is 0.161. The molecule has 0 radical (unpaired) electrons. The number of halogens is 1. The first-order valence-corrected chi connectivity index (χ1v) is 11.8. The fourth-order valence-electron chi connectivity index (χ4n) is 3.72. The zero-order valence-corrected chi connectivity index (χ0v) is 18.2. The van der Waals surface area contributed by atoms with E-state index in [9.17, 15) is 13.2 Å². The number of anilines is 1. The second-order valence-electron chi connectivity index (χ2n) is 7.52. The molecule has 0 spiro atoms. The van der Waals surface area contributed by atoms with Gasteiger partial charge in [0.1, 0.15) is 6.54 Å². The van der Waals surface area contributed by atoms with Crippen molar-refractivity contribution in [1.82, 2.24) is 5.32 Å². The van der Waals surface area contributed by atoms with Crippen molar-refractivity contribution in [2.75, 3.05) is 17.4 Å². The fourth-order valence-corrected chi connectivity index (χ4v) is 5.39. The largest absolute Gasteiger partial charge is 0.354 e. The number of hydrogen-bond donors (Lipinski definition) is 1. The normalized spacial score (nSPS) is 15.1. The molecule has 0 atom stereocenters. The molecule has 7 heteroatoms. The maximum absolute atomic E-state index is 13.3. The number of hydrogen-bond acceptors (Lipinski definition) is 3. The molecule has 0 aliphatic heterocycles. The molecule has 1 aliphatic carbocycles. The Morgan fingerprint density at radius 1 is 1.07 bits per heavy atom. The molecule has 3 rings (SSSR count). The van der Waals surface area contributed by atoms with Crippen molar-refractivity contribution in [2.45, 2.75) is 43.9 Å². The average molecular weight is 435 g/mol. The average Bonchev–Trinajstić information content (AvgIpc) is 2.74. The van der Waals surface area contributed by atoms with Crippen LogP contribution in [-0.4, -0.2) is 27.4 Å². The highest BCUT2D eigenvalue weighted by Crippen LogP contribution is 2.30. The summed E-state index contributed by atoms with van der Waals surface area (Å²) in [6, 6.07) is 13.2. The molecule has 1 amide bonds. The van der Waals surface area contributed by atoms with E-state index in [1.165, 1.54) is 31.4 Å². The molecule has 0 bridgehead atoms. The first kappa shape index (κ1) is 21.7. The molecule has 5 nitrogen and oxygen atoms in total. The summed E-state index contributed by atoms with van der Waals surface area (Å²) in [5.41, 5.74) is 1.03. The number of carbonyl (C=O) groups excluding carboxylic acids is 1. The van der Waals surface area contributed by atoms with Gasteiger partial charge in [-0.15, -0.1) is 0 Å². The standard InChI is InChI=1S/C22H27ClN2O3S/c1-17-20(23)13-8-14-21(17)25(29(27,28)19-11-6-3-7-12-19)16-22(26)24-15-18-9-4-2-5-10-18/h3,6-8,11-14,18H,2,4-5,9-10,15-16H2,1H3,(H,24,26). The van der Waals surface area contributed by atoms with E-state index in [1.807, 2.05) is 0 Å². The van der Waals surface area contributed by atoms with E-state index in [0.717, 1.165) is 17.1 Å². The molecule has 1 saturated carbocycles. The summed E-state index contributed by atoms with van der Waals surface area (Å²) in [6.45, 7) is 2.06. The van der Waals surface area contributed by atoms with Crippen molar-refractivity contribution in [3.05, 3.63) is 59.1 Å². The maximum Gasteiger partial charge on any atom is 0.264 e. The van der Waals surface area contributed by atoms with Gasteiger partial charge in [0.2, 0.25) is 5.91 Å². The van der Waals surface area contributed by atoms with Crippen LogP contribution >= 0.6 is 11.6 Å². The van der Waals surface area contributed by atoms with Crippen molar-refractivity contribution >= 4 is 33.2 Å². The number of sulfonamides is 1. The van der Waals surface area contributed by atoms with Gasteiger partial charge in [-0.2, -0.15) is 0 Å². The van der Waals surface area contributed by atoms with Gasteiger partial charge in [-0.05, 0) is 55.5 Å². The molecule has 1 N–H and O–H groups in total. The van der Waals surface area contributed by atoms with Crippen LogP contribution in [0.15, 0.2) is 53.4 Å². The molecule has 0 unspecified atom stereocenters. The van der Waals surface area contributed by atoms with E-state index in [1.54, 1.807) is 43.3 Å². The molecular formula is C22H27ClN2O3S. The monoisotopic (exact) mass is 434 g/mol. The van der Waals surface area contributed by atoms with Crippen LogP contribution in [0, 0.1) is 12.8 Å². The third kappa shape index (κ3) is 5.31. The van der Waals surface area contributed by atoms with Gasteiger partial charge in [0, 0.05) is 11.6 Å². The lowest BCUT2D eigenvalue weighted by Gasteiger charge is -2.27. The Kier molecular flexibility index (Phi) is 7.19. The topological polar surface area (TPSA) is 66.5 Å². The van der Waals surface area contributed by atoms with Gasteiger partial charge in [0.25, 0.3) is 10.0 Å². The van der Waals surface area contributed by atoms with E-state index >= 15 is 0 Å². The minimum Gasteiger partial charge on any atom is -0.354 e. The Balaban J connectivity index is 1.85. The van der Waals surface area contributed by atoms with Crippen LogP contribution in [0.3, 0.4) is 0 Å². The minimum absolute atomic E-state index is 0.138. The molecule has 1 fully saturated rings. The van der Waals surface area contributed by atoms with E-state index in [2.05, 4.69) is 5.32 Å². The van der Waals surface area contributed by atoms with Gasteiger partial charge in [0.05, 0.1) is 10.6 Å². The van der Waals surface area contributed by atoms with Gasteiger partial charge in [-0.25, -0.2) is 8.42 Å². The number of amides is 1. The lowest BCUT2D eigenvalue weighted by Crippen LogP contribution is -2.42. The Morgan fingerprint density at radius 3 is 2.45 bits per heavy atom. The SMILES string of the molecule is Cc1c(Cl)cccc1N(CC(=O)NCC1CCCCC1)S(=O)(=O)c1ccccc1. The number of nitrogens with one attached hydrogen (secondary N) is 1. The minimum atomic E-state index is -3.92. The fraction of sp³-hybridized carbons (Fsp3) is 0.409. The van der Waals surface area contributed by atoms with Crippen molar-refractivity contribution in [3.8, 4) is 0 Å². The lowest BCUT2D eigenvalue weighted by atomic mass is 9.89. The summed E-state index contributed by atoms with van der Waals surface area (Å²) in [6.07, 6.45) is 5.86. The second kappa shape index (κ2) is 9.63. The molecule has 0 aromatic heterocycles. The van der Waals surface area contributed by atoms with Gasteiger partial charge >= 0.3 is 0 Å². The summed E-state index contributed by atoms with van der Waals surface area (Å²) in [5, 5.41) is 3.39. The van der Waals surface area contributed by atoms with Gasteiger partial charge in [-0.1, -0.05) is 55.1 Å². The number of rotatable bonds is 7. The summed E-state index contributed by atoms with van der Waals surface area (Å²) in [4.78, 5) is 12.8. The zero-order valence-electron chi connectivity index (χ0n) is 16.6. The Bertz CT molecular complexity index is 942. The van der Waals surface area contributed by atoms with Gasteiger partial charge in [-0.3, -0.25) is 9.10 Å². The van der Waals surface area contributed by atoms with Crippen molar-refractivity contribution in [1.29, 1.82) is 0 Å². The molecule has 2 aromatic carbocycles. The molecule has 156 valence electrons. The predicted molar refractivity (Wildman–Crippen MR) is 117 cm³/mol. The Labute approximate surface area is 178 Å². The Morgan fingerprint density at radius 2 is 1.76 bits per heavy atom. The molecule has 1 aliphatic rings. The predicted octanol–water partition coefficient (Wildman–Crippen LogP) is 4.54. The van der Waals surface area contributed by atoms with E-state index < -0.39 is 10.0 Å². The second-order valence-corrected chi connectivity index (χ2v) is 9.79. The maximum atomic E-state index is 13.3. The van der Waals surface area contributed by atoms with Crippen LogP contribution in [0.25, 0.3) is 0 Å². The first-order chi connectivity index (χ1) is 13.9. The van der Waals surface area contributed by atoms with Crippen molar-refractivity contribution in [3.63, 3.8) is 0 Å². The lowest BCUT2D eigenvalue weighted by molar-refractivity contribution is -0.119. The van der Waals surface area contributed by atoms with Crippen molar-refractivity contribution in [2.24, 2.45) is 5.92 Å². The summed E-state index contributed by atoms with van der Waals surface area (Å²) < 4.78 is 27.8. The van der Waals surface area contributed by atoms with Crippen LogP contribution in [0.5, 0.6) is 0 Å². The molecule has 0 heterocycles. The highest BCUT2D eigenvalue weighted by atomic mass is 35.5. The molecule has 2 aromatic rings. The van der Waals surface area contributed by atoms with Crippen LogP contribution < -0.4 is 9.62 Å². The third-order valence-corrected chi connectivity index (χ3v) is 7.62. The first-order valence-electron chi connectivity index (χ1n) is 9.99. The highest BCUT2D eigenvalue weighted by molar-refractivity contribution is 7.92. The third-order valence-electron chi connectivity index (χ3n) is 5.44.